The van der Waals surface area contributed by atoms with Gasteiger partial charge in [-0.05, 0) is 17.5 Å². The number of nitrogens with zero attached hydrogens (tertiary/aromatic N) is 2. The molecule has 5 nitrogen and oxygen atoms in total. The average molecular weight is 234 g/mol. The molecule has 0 radical (unpaired) electrons. The first kappa shape index (κ1) is 12.9. The van der Waals surface area contributed by atoms with Crippen molar-refractivity contribution in [3.05, 3.63) is 50.9 Å². The molecule has 0 aliphatic carbocycles. The van der Waals surface area contributed by atoms with Crippen LogP contribution in [0.15, 0.2) is 35.3 Å². The second-order valence-electron chi connectivity index (χ2n) is 3.26. The van der Waals surface area contributed by atoms with Gasteiger partial charge in [-0.3, -0.25) is 14.9 Å². The highest BCUT2D eigenvalue weighted by Gasteiger charge is 2.08. The van der Waals surface area contributed by atoms with Crippen LogP contribution in [-0.4, -0.2) is 9.49 Å². The Labute approximate surface area is 98.5 Å². The smallest absolute Gasteiger partial charge is 0.270 e. The van der Waals surface area contributed by atoms with Crippen LogP contribution in [0.2, 0.25) is 0 Å². The van der Waals surface area contributed by atoms with Gasteiger partial charge in [-0.2, -0.15) is 0 Å². The molecule has 0 N–H and O–H groups in total. The highest BCUT2D eigenvalue weighted by atomic mass is 16.6. The van der Waals surface area contributed by atoms with Gasteiger partial charge in [-0.1, -0.05) is 13.8 Å². The molecular weight excluding hydrogens is 220 g/mol. The van der Waals surface area contributed by atoms with E-state index in [1.807, 2.05) is 13.8 Å². The van der Waals surface area contributed by atoms with Crippen molar-refractivity contribution in [1.29, 1.82) is 0 Å². The molecule has 0 aliphatic rings. The molecule has 0 atom stereocenters. The number of fused-ring (bicyclic) bond motifs is 1. The Bertz CT molecular complexity index is 602. The number of non-ortho nitro benzene ring substituents is 1. The minimum Gasteiger partial charge on any atom is -0.318 e. The zero-order valence-electron chi connectivity index (χ0n) is 10.0. The van der Waals surface area contributed by atoms with Crippen molar-refractivity contribution in [1.82, 2.24) is 4.57 Å². The first-order valence-electron chi connectivity index (χ1n) is 5.33. The maximum Gasteiger partial charge on any atom is 0.270 e. The minimum atomic E-state index is -0.508. The summed E-state index contributed by atoms with van der Waals surface area (Å²) in [7, 11) is 1.61. The summed E-state index contributed by atoms with van der Waals surface area (Å²) >= 11 is 0. The first-order chi connectivity index (χ1) is 8.09. The Hall–Kier alpha value is -2.17. The molecule has 0 aliphatic heterocycles. The van der Waals surface area contributed by atoms with Crippen molar-refractivity contribution in [2.24, 2.45) is 7.05 Å². The molecule has 1 aromatic heterocycles. The van der Waals surface area contributed by atoms with Gasteiger partial charge in [0.05, 0.1) is 10.3 Å². The van der Waals surface area contributed by atoms with Gasteiger partial charge in [0.15, 0.2) is 0 Å². The van der Waals surface area contributed by atoms with E-state index in [1.165, 1.54) is 16.7 Å². The van der Waals surface area contributed by atoms with E-state index in [1.54, 1.807) is 25.4 Å². The van der Waals surface area contributed by atoms with E-state index in [0.717, 1.165) is 0 Å². The predicted octanol–water partition coefficient (Wildman–Crippen LogP) is 2.47. The highest BCUT2D eigenvalue weighted by molar-refractivity contribution is 5.83. The summed E-state index contributed by atoms with van der Waals surface area (Å²) in [5.74, 6) is 0. The van der Waals surface area contributed by atoms with Gasteiger partial charge in [0, 0.05) is 25.4 Å². The third kappa shape index (κ3) is 2.50. The second-order valence-corrected chi connectivity index (χ2v) is 3.26. The number of aromatic nitrogens is 1. The molecule has 1 heterocycles. The summed E-state index contributed by atoms with van der Waals surface area (Å²) in [6, 6.07) is 6.02. The third-order valence-electron chi connectivity index (χ3n) is 2.28. The fourth-order valence-corrected chi connectivity index (χ4v) is 1.44. The maximum atomic E-state index is 11.6. The highest BCUT2D eigenvalue weighted by Crippen LogP contribution is 2.17. The van der Waals surface area contributed by atoms with Crippen LogP contribution in [0.5, 0.6) is 0 Å². The van der Waals surface area contributed by atoms with Crippen LogP contribution in [0.4, 0.5) is 5.69 Å². The number of hydrogen-bond acceptors (Lipinski definition) is 3. The van der Waals surface area contributed by atoms with Crippen molar-refractivity contribution in [3.8, 4) is 0 Å². The molecule has 0 saturated heterocycles. The number of rotatable bonds is 1. The minimum absolute atomic E-state index is 0.0641. The second kappa shape index (κ2) is 5.25. The molecule has 5 heteroatoms. The van der Waals surface area contributed by atoms with E-state index < -0.39 is 4.92 Å². The van der Waals surface area contributed by atoms with Gasteiger partial charge in [-0.15, -0.1) is 0 Å². The fourth-order valence-electron chi connectivity index (χ4n) is 1.44. The molecule has 0 amide bonds. The number of aryl methyl sites for hydroxylation is 1. The molecule has 2 rings (SSSR count). The lowest BCUT2D eigenvalue weighted by Crippen LogP contribution is -2.15. The van der Waals surface area contributed by atoms with Gasteiger partial charge in [0.1, 0.15) is 0 Å². The molecule has 0 saturated carbocycles. The Morgan fingerprint density at radius 1 is 1.24 bits per heavy atom. The van der Waals surface area contributed by atoms with Gasteiger partial charge in [0.25, 0.3) is 11.2 Å². The number of pyridine rings is 1. The average Bonchev–Trinajstić information content (AvgIpc) is 2.36. The maximum absolute atomic E-state index is 11.6. The molecule has 17 heavy (non-hydrogen) atoms. The van der Waals surface area contributed by atoms with Crippen LogP contribution >= 0.6 is 0 Å². The van der Waals surface area contributed by atoms with Crippen molar-refractivity contribution in [2.45, 2.75) is 13.8 Å². The van der Waals surface area contributed by atoms with E-state index in [0.29, 0.717) is 10.8 Å². The largest absolute Gasteiger partial charge is 0.318 e. The number of hydrogen-bond donors (Lipinski definition) is 0. The summed E-state index contributed by atoms with van der Waals surface area (Å²) in [5, 5.41) is 11.6. The van der Waals surface area contributed by atoms with E-state index in [4.69, 9.17) is 0 Å². The molecule has 2 aromatic rings. The first-order valence-corrected chi connectivity index (χ1v) is 5.33. The van der Waals surface area contributed by atoms with E-state index >= 15 is 0 Å². The van der Waals surface area contributed by atoms with Crippen molar-refractivity contribution >= 4 is 16.5 Å². The summed E-state index contributed by atoms with van der Waals surface area (Å²) < 4.78 is 1.39. The predicted molar refractivity (Wildman–Crippen MR) is 67.2 cm³/mol. The lowest BCUT2D eigenvalue weighted by Gasteiger charge is -2.00. The zero-order valence-corrected chi connectivity index (χ0v) is 10.0. The lowest BCUT2D eigenvalue weighted by atomic mass is 10.1. The van der Waals surface area contributed by atoms with Gasteiger partial charge >= 0.3 is 0 Å². The number of nitro benzene ring substituents is 1. The van der Waals surface area contributed by atoms with Crippen molar-refractivity contribution < 1.29 is 4.92 Å². The standard InChI is InChI=1S/C10H8N2O3.C2H6/c1-11-5-4-7-2-3-8(12(14)15)6-9(7)10(11)13;1-2/h2-6H,1H3;1-2H3. The molecule has 90 valence electrons. The van der Waals surface area contributed by atoms with E-state index in [2.05, 4.69) is 0 Å². The third-order valence-corrected chi connectivity index (χ3v) is 2.28. The van der Waals surface area contributed by atoms with Crippen LogP contribution in [0.1, 0.15) is 13.8 Å². The quantitative estimate of drug-likeness (QED) is 0.562. The summed E-state index contributed by atoms with van der Waals surface area (Å²) in [6.07, 6.45) is 1.64. The lowest BCUT2D eigenvalue weighted by molar-refractivity contribution is -0.384. The Morgan fingerprint density at radius 3 is 2.47 bits per heavy atom. The Morgan fingerprint density at radius 2 is 1.88 bits per heavy atom. The van der Waals surface area contributed by atoms with Crippen LogP contribution in [0.25, 0.3) is 10.8 Å². The van der Waals surface area contributed by atoms with Crippen LogP contribution in [-0.2, 0) is 7.05 Å². The van der Waals surface area contributed by atoms with E-state index in [9.17, 15) is 14.9 Å². The zero-order chi connectivity index (χ0) is 13.0. The molecule has 0 spiro atoms. The van der Waals surface area contributed by atoms with Gasteiger partial charge in [-0.25, -0.2) is 0 Å². The molecule has 0 unspecified atom stereocenters. The molecular formula is C12H14N2O3. The van der Waals surface area contributed by atoms with E-state index in [-0.39, 0.29) is 11.2 Å². The number of benzene rings is 1. The summed E-state index contributed by atoms with van der Waals surface area (Å²) in [4.78, 5) is 21.7. The normalized spacial score (nSPS) is 9.59. The Balaban J connectivity index is 0.000000686. The van der Waals surface area contributed by atoms with Gasteiger partial charge in [0.2, 0.25) is 0 Å². The topological polar surface area (TPSA) is 65.1 Å². The monoisotopic (exact) mass is 234 g/mol. The van der Waals surface area contributed by atoms with Crippen LogP contribution < -0.4 is 5.56 Å². The SMILES string of the molecule is CC.Cn1ccc2ccc([N+](=O)[O-])cc2c1=O. The van der Waals surface area contributed by atoms with Gasteiger partial charge < -0.3 is 4.57 Å². The molecule has 1 aromatic carbocycles. The fraction of sp³-hybridized carbons (Fsp3) is 0.250. The molecule has 0 bridgehead atoms. The van der Waals surface area contributed by atoms with Crippen molar-refractivity contribution in [3.63, 3.8) is 0 Å². The Kier molecular flexibility index (Phi) is 3.98. The number of nitro groups is 1. The van der Waals surface area contributed by atoms with Crippen molar-refractivity contribution in [2.75, 3.05) is 0 Å². The summed E-state index contributed by atoms with van der Waals surface area (Å²) in [5.41, 5.74) is -0.290. The molecule has 0 fully saturated rings. The van der Waals surface area contributed by atoms with Crippen LogP contribution in [0, 0.1) is 10.1 Å². The summed E-state index contributed by atoms with van der Waals surface area (Å²) in [6.45, 7) is 4.00. The van der Waals surface area contributed by atoms with Crippen LogP contribution in [0.3, 0.4) is 0 Å².